The maximum absolute atomic E-state index is 13.2. The summed E-state index contributed by atoms with van der Waals surface area (Å²) < 4.78 is 32.1. The molecule has 2 amide bonds. The van der Waals surface area contributed by atoms with Gasteiger partial charge in [0.15, 0.2) is 24.5 Å². The molecule has 1 aliphatic heterocycles. The Morgan fingerprint density at radius 2 is 1.24 bits per heavy atom. The third kappa shape index (κ3) is 9.31. The van der Waals surface area contributed by atoms with Crippen LogP contribution in [0.2, 0.25) is 0 Å². The zero-order valence-corrected chi connectivity index (χ0v) is 27.0. The van der Waals surface area contributed by atoms with E-state index in [1.54, 1.807) is 0 Å². The number of ether oxygens (including phenoxy) is 6. The molecular weight excluding hydrogens is 648 g/mol. The number of hydrogen-bond donors (Lipinski definition) is 3. The van der Waals surface area contributed by atoms with E-state index in [0.717, 1.165) is 49.9 Å². The minimum atomic E-state index is -1.78. The number of amides is 2. The lowest BCUT2D eigenvalue weighted by molar-refractivity contribution is -0.257. The summed E-state index contributed by atoms with van der Waals surface area (Å²) >= 11 is 0. The molecule has 2 aromatic rings. The lowest BCUT2D eigenvalue weighted by Crippen LogP contribution is -2.66. The summed E-state index contributed by atoms with van der Waals surface area (Å²) in [5.74, 6) is -6.22. The zero-order valence-electron chi connectivity index (χ0n) is 27.0. The first kappa shape index (κ1) is 36.3. The number of carboxylic acids is 1. The zero-order chi connectivity index (χ0) is 35.8. The molecule has 1 saturated heterocycles. The summed E-state index contributed by atoms with van der Waals surface area (Å²) in [5, 5.41) is 14.3. The molecule has 16 nitrogen and oxygen atoms in total. The first-order chi connectivity index (χ1) is 23.2. The van der Waals surface area contributed by atoms with Gasteiger partial charge in [0.25, 0.3) is 0 Å². The number of carbonyl (C=O) groups excluding carboxylic acids is 6. The number of hydrogen-bond acceptors (Lipinski definition) is 13. The highest BCUT2D eigenvalue weighted by Gasteiger charge is 2.52. The highest BCUT2D eigenvalue weighted by molar-refractivity contribution is 5.87. The highest BCUT2D eigenvalue weighted by atomic mass is 16.7. The molecule has 3 N–H and O–H groups in total. The van der Waals surface area contributed by atoms with E-state index in [4.69, 9.17) is 28.4 Å². The van der Waals surface area contributed by atoms with E-state index in [9.17, 15) is 38.7 Å². The number of alkyl carbamates (subject to hydrolysis) is 1. The predicted molar refractivity (Wildman–Crippen MR) is 164 cm³/mol. The number of fused-ring (bicyclic) bond motifs is 3. The van der Waals surface area contributed by atoms with Gasteiger partial charge < -0.3 is 44.2 Å². The molecule has 4 rings (SSSR count). The Balaban J connectivity index is 1.46. The van der Waals surface area contributed by atoms with Crippen molar-refractivity contribution < 1.29 is 67.1 Å². The van der Waals surface area contributed by atoms with Crippen LogP contribution < -0.4 is 10.6 Å². The Kier molecular flexibility index (Phi) is 11.9. The summed E-state index contributed by atoms with van der Waals surface area (Å²) in [6, 6.07) is 13.5. The standard InChI is InChI=1S/C33H36N2O14/c1-16(36)44-15-26-28(46-17(2)37)29(47-18(3)38)30(48-19(4)39)31(49-26)35-27(40)13-25(32(41)42)34-33(43)45-14-24-22-11-7-5-9-20(22)21-10-6-8-12-23(21)24/h5-12,24-26,28-31H,13-15H2,1-4H3,(H,34,43)(H,35,40)(H,41,42)/t25-,26-,28+,29-,30+,31+/m0/s1. The first-order valence-corrected chi connectivity index (χ1v) is 15.2. The average Bonchev–Trinajstić information content (AvgIpc) is 3.34. The molecule has 1 aliphatic carbocycles. The van der Waals surface area contributed by atoms with Gasteiger partial charge in [-0.25, -0.2) is 9.59 Å². The third-order valence-electron chi connectivity index (χ3n) is 7.62. The summed E-state index contributed by atoms with van der Waals surface area (Å²) in [7, 11) is 0. The number of rotatable bonds is 12. The summed E-state index contributed by atoms with van der Waals surface area (Å²) in [6.45, 7) is 3.57. The molecule has 16 heteroatoms. The summed E-state index contributed by atoms with van der Waals surface area (Å²) in [5.41, 5.74) is 3.87. The average molecular weight is 685 g/mol. The fourth-order valence-electron chi connectivity index (χ4n) is 5.73. The largest absolute Gasteiger partial charge is 0.480 e. The molecule has 1 heterocycles. The Bertz CT molecular complexity index is 1560. The molecule has 1 fully saturated rings. The smallest absolute Gasteiger partial charge is 0.407 e. The molecule has 49 heavy (non-hydrogen) atoms. The van der Waals surface area contributed by atoms with Crippen molar-refractivity contribution in [1.29, 1.82) is 0 Å². The Morgan fingerprint density at radius 3 is 1.78 bits per heavy atom. The Morgan fingerprint density at radius 1 is 0.714 bits per heavy atom. The fraction of sp³-hybridized carbons (Fsp3) is 0.424. The quantitative estimate of drug-likeness (QED) is 0.214. The molecule has 0 aromatic heterocycles. The number of benzene rings is 2. The molecule has 0 saturated carbocycles. The van der Waals surface area contributed by atoms with Crippen LogP contribution in [0.25, 0.3) is 11.1 Å². The molecule has 6 atom stereocenters. The number of esters is 4. The highest BCUT2D eigenvalue weighted by Crippen LogP contribution is 2.44. The van der Waals surface area contributed by atoms with E-state index in [-0.39, 0.29) is 12.5 Å². The van der Waals surface area contributed by atoms with E-state index in [1.807, 2.05) is 48.5 Å². The van der Waals surface area contributed by atoms with E-state index < -0.39 is 91.6 Å². The van der Waals surface area contributed by atoms with Crippen molar-refractivity contribution in [2.45, 2.75) is 76.7 Å². The van der Waals surface area contributed by atoms with Crippen LogP contribution in [0.4, 0.5) is 4.79 Å². The van der Waals surface area contributed by atoms with Crippen LogP contribution in [-0.4, -0.2) is 96.9 Å². The van der Waals surface area contributed by atoms with Gasteiger partial charge in [0.05, 0.1) is 6.42 Å². The van der Waals surface area contributed by atoms with Crippen LogP contribution in [0, 0.1) is 0 Å². The predicted octanol–water partition coefficient (Wildman–Crippen LogP) is 1.57. The van der Waals surface area contributed by atoms with Gasteiger partial charge in [-0.1, -0.05) is 48.5 Å². The van der Waals surface area contributed by atoms with Crippen LogP contribution in [-0.2, 0) is 57.2 Å². The second-order valence-electron chi connectivity index (χ2n) is 11.3. The fourth-order valence-corrected chi connectivity index (χ4v) is 5.73. The molecule has 0 radical (unpaired) electrons. The lowest BCUT2D eigenvalue weighted by atomic mass is 9.97. The van der Waals surface area contributed by atoms with Gasteiger partial charge in [-0.15, -0.1) is 0 Å². The van der Waals surface area contributed by atoms with Crippen molar-refractivity contribution in [2.75, 3.05) is 13.2 Å². The molecular formula is C33H36N2O14. The van der Waals surface area contributed by atoms with Gasteiger partial charge in [0.2, 0.25) is 5.91 Å². The van der Waals surface area contributed by atoms with Crippen molar-refractivity contribution in [3.63, 3.8) is 0 Å². The summed E-state index contributed by atoms with van der Waals surface area (Å²) in [6.07, 6.45) is -9.53. The van der Waals surface area contributed by atoms with Crippen molar-refractivity contribution in [1.82, 2.24) is 10.6 Å². The molecule has 2 aromatic carbocycles. The number of aliphatic carboxylic acids is 1. The van der Waals surface area contributed by atoms with E-state index in [1.165, 1.54) is 0 Å². The van der Waals surface area contributed by atoms with Crippen molar-refractivity contribution in [3.05, 3.63) is 59.7 Å². The molecule has 0 bridgehead atoms. The SMILES string of the molecule is CC(=O)OC[C@@H]1O[C@@H](NC(=O)C[C@H](NC(=O)OCC2c3ccccc3-c3ccccc32)C(=O)O)[C@H](OC(C)=O)[C@@H](OC(C)=O)[C@@H]1OC(C)=O. The molecule has 0 spiro atoms. The van der Waals surface area contributed by atoms with Gasteiger partial charge in [0.1, 0.15) is 25.4 Å². The van der Waals surface area contributed by atoms with Gasteiger partial charge in [-0.05, 0) is 22.3 Å². The van der Waals surface area contributed by atoms with Crippen molar-refractivity contribution in [3.8, 4) is 11.1 Å². The number of nitrogens with one attached hydrogen (secondary N) is 2. The lowest BCUT2D eigenvalue weighted by Gasteiger charge is -2.44. The molecule has 2 aliphatic rings. The minimum absolute atomic E-state index is 0.108. The van der Waals surface area contributed by atoms with Crippen LogP contribution in [0.3, 0.4) is 0 Å². The number of carboxylic acid groups (broad SMARTS) is 1. The van der Waals surface area contributed by atoms with Crippen molar-refractivity contribution >= 4 is 41.8 Å². The second-order valence-corrected chi connectivity index (χ2v) is 11.3. The van der Waals surface area contributed by atoms with Crippen LogP contribution >= 0.6 is 0 Å². The summed E-state index contributed by atoms with van der Waals surface area (Å²) in [4.78, 5) is 85.5. The monoisotopic (exact) mass is 684 g/mol. The van der Waals surface area contributed by atoms with Gasteiger partial charge >= 0.3 is 35.9 Å². The van der Waals surface area contributed by atoms with Crippen LogP contribution in [0.5, 0.6) is 0 Å². The molecule has 262 valence electrons. The van der Waals surface area contributed by atoms with Crippen LogP contribution in [0.15, 0.2) is 48.5 Å². The minimum Gasteiger partial charge on any atom is -0.480 e. The third-order valence-corrected chi connectivity index (χ3v) is 7.62. The topological polar surface area (TPSA) is 219 Å². The van der Waals surface area contributed by atoms with Gasteiger partial charge in [-0.2, -0.15) is 0 Å². The Labute approximate surface area is 280 Å². The van der Waals surface area contributed by atoms with E-state index in [0.29, 0.717) is 0 Å². The van der Waals surface area contributed by atoms with E-state index in [2.05, 4.69) is 10.6 Å². The molecule has 0 unspecified atom stereocenters. The van der Waals surface area contributed by atoms with Gasteiger partial charge in [-0.3, -0.25) is 24.0 Å². The normalized spacial score (nSPS) is 21.5. The van der Waals surface area contributed by atoms with Crippen LogP contribution in [0.1, 0.15) is 51.2 Å². The van der Waals surface area contributed by atoms with E-state index >= 15 is 0 Å². The Hall–Kier alpha value is -5.51. The van der Waals surface area contributed by atoms with Gasteiger partial charge in [0, 0.05) is 33.6 Å². The van der Waals surface area contributed by atoms with Crippen molar-refractivity contribution in [2.24, 2.45) is 0 Å². The first-order valence-electron chi connectivity index (χ1n) is 15.2. The maximum Gasteiger partial charge on any atom is 0.407 e. The maximum atomic E-state index is 13.2. The second kappa shape index (κ2) is 16.1. The number of carbonyl (C=O) groups is 7.